The molecule has 8 nitrogen and oxygen atoms in total. The van der Waals surface area contributed by atoms with Gasteiger partial charge < -0.3 is 4.74 Å². The van der Waals surface area contributed by atoms with Crippen LogP contribution in [0.2, 0.25) is 0 Å². The van der Waals surface area contributed by atoms with Crippen molar-refractivity contribution in [2.75, 3.05) is 4.72 Å². The van der Waals surface area contributed by atoms with Crippen molar-refractivity contribution in [3.8, 4) is 5.75 Å². The minimum Gasteiger partial charge on any atom is -0.422 e. The lowest BCUT2D eigenvalue weighted by atomic mass is 10.0. The Balaban J connectivity index is 1.32. The lowest BCUT2D eigenvalue weighted by Crippen LogP contribution is -2.18. The minimum atomic E-state index is -3.75. The maximum absolute atomic E-state index is 12.8. The fourth-order valence-electron chi connectivity index (χ4n) is 4.15. The summed E-state index contributed by atoms with van der Waals surface area (Å²) in [5.41, 5.74) is 4.94. The zero-order valence-electron chi connectivity index (χ0n) is 21.9. The van der Waals surface area contributed by atoms with Gasteiger partial charge in [-0.05, 0) is 72.3 Å². The second-order valence-corrected chi connectivity index (χ2v) is 10.8. The molecule has 0 heterocycles. The SMILES string of the molecule is Cc1cccc(C(=O)Oc2ccc3ccccc3c2/C=N\NC(=O)c2ccc(NS(=O)(=O)c3ccccc3)cc2)c1. The molecule has 0 unspecified atom stereocenters. The first-order valence-electron chi connectivity index (χ1n) is 12.6. The Labute approximate surface area is 237 Å². The number of nitrogens with zero attached hydrogens (tertiary/aromatic N) is 1. The van der Waals surface area contributed by atoms with Crippen molar-refractivity contribution in [1.82, 2.24) is 5.43 Å². The minimum absolute atomic E-state index is 0.133. The van der Waals surface area contributed by atoms with Gasteiger partial charge in [-0.3, -0.25) is 9.52 Å². The summed E-state index contributed by atoms with van der Waals surface area (Å²) in [5.74, 6) is -0.717. The van der Waals surface area contributed by atoms with Crippen molar-refractivity contribution < 1.29 is 22.7 Å². The largest absolute Gasteiger partial charge is 0.422 e. The van der Waals surface area contributed by atoms with E-state index in [0.717, 1.165) is 16.3 Å². The summed E-state index contributed by atoms with van der Waals surface area (Å²) >= 11 is 0. The average Bonchev–Trinajstić information content (AvgIpc) is 2.98. The van der Waals surface area contributed by atoms with Gasteiger partial charge >= 0.3 is 5.97 Å². The first-order valence-corrected chi connectivity index (χ1v) is 14.1. The van der Waals surface area contributed by atoms with Gasteiger partial charge in [0.1, 0.15) is 5.75 Å². The summed E-state index contributed by atoms with van der Waals surface area (Å²) in [7, 11) is -3.75. The summed E-state index contributed by atoms with van der Waals surface area (Å²) in [4.78, 5) is 25.7. The van der Waals surface area contributed by atoms with E-state index in [9.17, 15) is 18.0 Å². The number of hydrogen-bond acceptors (Lipinski definition) is 6. The molecule has 0 aromatic heterocycles. The number of fused-ring (bicyclic) bond motifs is 1. The highest BCUT2D eigenvalue weighted by Crippen LogP contribution is 2.27. The Kier molecular flexibility index (Phi) is 7.89. The fourth-order valence-corrected chi connectivity index (χ4v) is 5.23. The molecule has 9 heteroatoms. The number of carbonyl (C=O) groups excluding carboxylic acids is 2. The maximum Gasteiger partial charge on any atom is 0.343 e. The molecule has 204 valence electrons. The number of hydrogen-bond donors (Lipinski definition) is 2. The van der Waals surface area contributed by atoms with Crippen LogP contribution in [0.1, 0.15) is 31.8 Å². The van der Waals surface area contributed by atoms with Crippen LogP contribution in [0, 0.1) is 6.92 Å². The lowest BCUT2D eigenvalue weighted by Gasteiger charge is -2.11. The lowest BCUT2D eigenvalue weighted by molar-refractivity contribution is 0.0734. The number of benzene rings is 5. The predicted molar refractivity (Wildman–Crippen MR) is 159 cm³/mol. The number of carbonyl (C=O) groups is 2. The van der Waals surface area contributed by atoms with Gasteiger partial charge in [0.2, 0.25) is 0 Å². The van der Waals surface area contributed by atoms with Crippen molar-refractivity contribution in [1.29, 1.82) is 0 Å². The van der Waals surface area contributed by atoms with Gasteiger partial charge in [-0.2, -0.15) is 5.10 Å². The standard InChI is InChI=1S/C32H25N3O5S/c1-22-8-7-10-25(20-22)32(37)40-30-19-16-23-9-5-6-13-28(23)29(30)21-33-34-31(36)24-14-17-26(18-15-24)35-41(38,39)27-11-3-2-4-12-27/h2-21,35H,1H3,(H,34,36)/b33-21-. The van der Waals surface area contributed by atoms with Crippen LogP contribution in [0.5, 0.6) is 5.75 Å². The van der Waals surface area contributed by atoms with E-state index in [4.69, 9.17) is 4.74 Å². The molecule has 41 heavy (non-hydrogen) atoms. The van der Waals surface area contributed by atoms with Crippen LogP contribution in [0.25, 0.3) is 10.8 Å². The van der Waals surface area contributed by atoms with Crippen molar-refractivity contribution >= 4 is 44.6 Å². The Morgan fingerprint density at radius 2 is 1.51 bits per heavy atom. The van der Waals surface area contributed by atoms with Crippen LogP contribution in [0.15, 0.2) is 125 Å². The van der Waals surface area contributed by atoms with Crippen molar-refractivity contribution in [2.45, 2.75) is 11.8 Å². The summed E-state index contributed by atoms with van der Waals surface area (Å²) in [5, 5.41) is 5.81. The Morgan fingerprint density at radius 1 is 0.780 bits per heavy atom. The van der Waals surface area contributed by atoms with Gasteiger partial charge in [-0.1, -0.05) is 66.2 Å². The zero-order chi connectivity index (χ0) is 28.8. The Hall–Kier alpha value is -5.28. The van der Waals surface area contributed by atoms with Gasteiger partial charge in [0, 0.05) is 16.8 Å². The third-order valence-corrected chi connectivity index (χ3v) is 7.60. The molecular weight excluding hydrogens is 538 g/mol. The number of nitrogens with one attached hydrogen (secondary N) is 2. The second kappa shape index (κ2) is 11.8. The number of amides is 1. The summed E-state index contributed by atoms with van der Waals surface area (Å²) < 4.78 is 33.3. The van der Waals surface area contributed by atoms with E-state index in [1.807, 2.05) is 43.3 Å². The van der Waals surface area contributed by atoms with Gasteiger partial charge in [-0.25, -0.2) is 18.6 Å². The quantitative estimate of drug-likeness (QED) is 0.105. The maximum atomic E-state index is 12.8. The van der Waals surface area contributed by atoms with Gasteiger partial charge in [0.05, 0.1) is 16.7 Å². The van der Waals surface area contributed by atoms with Crippen LogP contribution in [-0.2, 0) is 10.0 Å². The third-order valence-electron chi connectivity index (χ3n) is 6.20. The van der Waals surface area contributed by atoms with Crippen LogP contribution in [0.3, 0.4) is 0 Å². The summed E-state index contributed by atoms with van der Waals surface area (Å²) in [6, 6.07) is 32.1. The fraction of sp³-hybridized carbons (Fsp3) is 0.0312. The number of hydrazone groups is 1. The molecule has 5 rings (SSSR count). The number of rotatable bonds is 8. The number of anilines is 1. The molecular formula is C32H25N3O5S. The van der Waals surface area contributed by atoms with Gasteiger partial charge in [0.15, 0.2) is 0 Å². The van der Waals surface area contributed by atoms with Gasteiger partial charge in [-0.15, -0.1) is 0 Å². The topological polar surface area (TPSA) is 114 Å². The number of aryl methyl sites for hydroxylation is 1. The molecule has 0 radical (unpaired) electrons. The molecule has 2 N–H and O–H groups in total. The van der Waals surface area contributed by atoms with E-state index < -0.39 is 21.9 Å². The van der Waals surface area contributed by atoms with E-state index in [0.29, 0.717) is 22.6 Å². The van der Waals surface area contributed by atoms with Gasteiger partial charge in [0.25, 0.3) is 15.9 Å². The van der Waals surface area contributed by atoms with E-state index in [1.165, 1.54) is 42.6 Å². The molecule has 0 aliphatic carbocycles. The molecule has 1 amide bonds. The predicted octanol–water partition coefficient (Wildman–Crippen LogP) is 5.93. The van der Waals surface area contributed by atoms with Crippen LogP contribution >= 0.6 is 0 Å². The third kappa shape index (κ3) is 6.48. The summed E-state index contributed by atoms with van der Waals surface area (Å²) in [6.07, 6.45) is 1.43. The van der Waals surface area contributed by atoms with Crippen molar-refractivity contribution in [3.63, 3.8) is 0 Å². The molecule has 0 atom stereocenters. The summed E-state index contributed by atoms with van der Waals surface area (Å²) in [6.45, 7) is 1.89. The highest BCUT2D eigenvalue weighted by Gasteiger charge is 2.15. The number of ether oxygens (including phenoxy) is 1. The number of esters is 1. The van der Waals surface area contributed by atoms with E-state index in [2.05, 4.69) is 15.2 Å². The Bertz CT molecular complexity index is 1870. The first kappa shape index (κ1) is 27.3. The van der Waals surface area contributed by atoms with E-state index in [1.54, 1.807) is 42.5 Å². The highest BCUT2D eigenvalue weighted by molar-refractivity contribution is 7.92. The van der Waals surface area contributed by atoms with Crippen LogP contribution in [0.4, 0.5) is 5.69 Å². The monoisotopic (exact) mass is 563 g/mol. The molecule has 0 saturated heterocycles. The average molecular weight is 564 g/mol. The normalized spacial score (nSPS) is 11.3. The zero-order valence-corrected chi connectivity index (χ0v) is 22.8. The molecule has 0 fully saturated rings. The number of sulfonamides is 1. The molecule has 5 aromatic rings. The molecule has 0 bridgehead atoms. The van der Waals surface area contributed by atoms with E-state index in [-0.39, 0.29) is 10.5 Å². The molecule has 5 aromatic carbocycles. The second-order valence-electron chi connectivity index (χ2n) is 9.15. The molecule has 0 spiro atoms. The van der Waals surface area contributed by atoms with Crippen molar-refractivity contribution in [3.05, 3.63) is 138 Å². The van der Waals surface area contributed by atoms with Crippen LogP contribution < -0.4 is 14.9 Å². The van der Waals surface area contributed by atoms with Crippen molar-refractivity contribution in [2.24, 2.45) is 5.10 Å². The Morgan fingerprint density at radius 3 is 2.27 bits per heavy atom. The first-order chi connectivity index (χ1) is 19.8. The smallest absolute Gasteiger partial charge is 0.343 e. The van der Waals surface area contributed by atoms with E-state index >= 15 is 0 Å². The molecule has 0 saturated carbocycles. The molecule has 0 aliphatic heterocycles. The molecule has 0 aliphatic rings. The van der Waals surface area contributed by atoms with Crippen LogP contribution in [-0.4, -0.2) is 26.5 Å². The highest BCUT2D eigenvalue weighted by atomic mass is 32.2.